The predicted octanol–water partition coefficient (Wildman–Crippen LogP) is 5.81. The second kappa shape index (κ2) is 9.58. The fourth-order valence-electron chi connectivity index (χ4n) is 5.29. The summed E-state index contributed by atoms with van der Waals surface area (Å²) in [6, 6.07) is 10.2. The van der Waals surface area contributed by atoms with Gasteiger partial charge in [-0.05, 0) is 37.2 Å². The number of ether oxygens (including phenoxy) is 2. The molecule has 1 fully saturated rings. The van der Waals surface area contributed by atoms with Crippen molar-refractivity contribution in [3.8, 4) is 0 Å². The molecule has 2 aliphatic rings. The summed E-state index contributed by atoms with van der Waals surface area (Å²) >= 11 is 0. The summed E-state index contributed by atoms with van der Waals surface area (Å²) in [5.41, 5.74) is 0.908. The van der Waals surface area contributed by atoms with Crippen molar-refractivity contribution in [3.05, 3.63) is 59.7 Å². The van der Waals surface area contributed by atoms with Crippen LogP contribution < -0.4 is 0 Å². The lowest BCUT2D eigenvalue weighted by atomic mass is 9.55. The third-order valence-electron chi connectivity index (χ3n) is 6.77. The van der Waals surface area contributed by atoms with Gasteiger partial charge in [-0.25, -0.2) is 4.79 Å². The van der Waals surface area contributed by atoms with E-state index in [0.717, 1.165) is 25.7 Å². The van der Waals surface area contributed by atoms with Crippen molar-refractivity contribution in [2.24, 2.45) is 5.41 Å². The molecular weight excluding hydrogens is 390 g/mol. The molecule has 2 unspecified atom stereocenters. The maximum absolute atomic E-state index is 12.1. The summed E-state index contributed by atoms with van der Waals surface area (Å²) in [6.45, 7) is 10.9. The van der Waals surface area contributed by atoms with Crippen molar-refractivity contribution in [1.29, 1.82) is 0 Å². The van der Waals surface area contributed by atoms with Gasteiger partial charge >= 0.3 is 6.09 Å². The quantitative estimate of drug-likeness (QED) is 0.505. The summed E-state index contributed by atoms with van der Waals surface area (Å²) in [5.74, 6) is 0. The molecule has 0 radical (unpaired) electrons. The molecule has 1 amide bonds. The van der Waals surface area contributed by atoms with Crippen LogP contribution in [0.5, 0.6) is 0 Å². The number of hydrogen-bond donors (Lipinski definition) is 1. The van der Waals surface area contributed by atoms with Gasteiger partial charge in [0.1, 0.15) is 5.60 Å². The molecule has 31 heavy (non-hydrogen) atoms. The Morgan fingerprint density at radius 3 is 2.45 bits per heavy atom. The topological polar surface area (TPSA) is 59.0 Å². The average molecular weight is 428 g/mol. The van der Waals surface area contributed by atoms with Gasteiger partial charge in [0.05, 0.1) is 12.1 Å². The maximum Gasteiger partial charge on any atom is 0.407 e. The van der Waals surface area contributed by atoms with Crippen molar-refractivity contribution in [2.45, 2.75) is 71.1 Å². The Labute approximate surface area is 186 Å². The normalized spacial score (nSPS) is 25.8. The number of likely N-dealkylation sites (tertiary alicyclic amines) is 1. The zero-order valence-electron chi connectivity index (χ0n) is 19.4. The van der Waals surface area contributed by atoms with Crippen LogP contribution in [0.15, 0.2) is 54.1 Å². The Balaban J connectivity index is 1.62. The monoisotopic (exact) mass is 427 g/mol. The molecule has 170 valence electrons. The lowest BCUT2D eigenvalue weighted by Gasteiger charge is -2.66. The van der Waals surface area contributed by atoms with Gasteiger partial charge in [0.15, 0.2) is 0 Å². The van der Waals surface area contributed by atoms with Crippen molar-refractivity contribution < 1.29 is 19.4 Å². The molecule has 1 aromatic carbocycles. The number of hydrogen-bond acceptors (Lipinski definition) is 3. The Morgan fingerprint density at radius 2 is 1.87 bits per heavy atom. The lowest BCUT2D eigenvalue weighted by Crippen LogP contribution is -2.78. The summed E-state index contributed by atoms with van der Waals surface area (Å²) < 4.78 is 12.4. The first-order valence-corrected chi connectivity index (χ1v) is 11.3. The first-order chi connectivity index (χ1) is 14.7. The fourth-order valence-corrected chi connectivity index (χ4v) is 5.29. The summed E-state index contributed by atoms with van der Waals surface area (Å²) in [4.78, 5) is 13.7. The summed E-state index contributed by atoms with van der Waals surface area (Å²) in [7, 11) is 0. The molecule has 0 saturated carbocycles. The second-order valence-electron chi connectivity index (χ2n) is 9.83. The van der Waals surface area contributed by atoms with Crippen LogP contribution in [0.3, 0.4) is 0 Å². The van der Waals surface area contributed by atoms with E-state index in [1.165, 1.54) is 11.1 Å². The predicted molar refractivity (Wildman–Crippen MR) is 123 cm³/mol. The second-order valence-corrected chi connectivity index (χ2v) is 9.83. The van der Waals surface area contributed by atoms with Gasteiger partial charge in [0, 0.05) is 26.2 Å². The van der Waals surface area contributed by atoms with Crippen LogP contribution in [0, 0.1) is 5.41 Å². The van der Waals surface area contributed by atoms with Crippen molar-refractivity contribution in [3.63, 3.8) is 0 Å². The SMILES string of the molecule is CC1=CC=CC(OCCCCOCc2ccccc2)(C2(C(C)(C)C)CCN2C(=O)O)C1. The van der Waals surface area contributed by atoms with Crippen molar-refractivity contribution in [1.82, 2.24) is 4.90 Å². The molecule has 5 nitrogen and oxygen atoms in total. The number of carbonyl (C=O) groups is 1. The van der Waals surface area contributed by atoms with E-state index < -0.39 is 17.2 Å². The van der Waals surface area contributed by atoms with Crippen molar-refractivity contribution in [2.75, 3.05) is 19.8 Å². The van der Waals surface area contributed by atoms with E-state index >= 15 is 0 Å². The average Bonchev–Trinajstić information content (AvgIpc) is 2.66. The number of nitrogens with zero attached hydrogens (tertiary/aromatic N) is 1. The first kappa shape index (κ1) is 23.6. The van der Waals surface area contributed by atoms with Crippen LogP contribution >= 0.6 is 0 Å². The number of benzene rings is 1. The summed E-state index contributed by atoms with van der Waals surface area (Å²) in [5, 5.41) is 9.92. The molecule has 1 N–H and O–H groups in total. The fraction of sp³-hybridized carbons (Fsp3) is 0.577. The minimum atomic E-state index is -0.862. The van der Waals surface area contributed by atoms with Crippen LogP contribution in [0.4, 0.5) is 4.79 Å². The van der Waals surface area contributed by atoms with Crippen LogP contribution in [0.2, 0.25) is 0 Å². The number of rotatable bonds is 9. The third kappa shape index (κ3) is 4.73. The standard InChI is InChI=1S/C26H37NO4/c1-21-11-10-14-25(19-21,26(24(2,3)4)15-16-27(26)23(28)29)31-18-9-8-17-30-20-22-12-6-5-7-13-22/h5-7,10-14H,8-9,15-20H2,1-4H3,(H,28,29). The molecule has 5 heteroatoms. The number of allylic oxidation sites excluding steroid dienone is 2. The molecule has 1 aliphatic carbocycles. The molecule has 0 bridgehead atoms. The van der Waals surface area contributed by atoms with Gasteiger partial charge in [-0.3, -0.25) is 4.90 Å². The number of unbranched alkanes of at least 4 members (excludes halogenated alkanes) is 1. The largest absolute Gasteiger partial charge is 0.465 e. The van der Waals surface area contributed by atoms with E-state index in [4.69, 9.17) is 9.47 Å². The van der Waals surface area contributed by atoms with Gasteiger partial charge in [0.2, 0.25) is 0 Å². The minimum Gasteiger partial charge on any atom is -0.465 e. The van der Waals surface area contributed by atoms with Crippen molar-refractivity contribution >= 4 is 6.09 Å². The van der Waals surface area contributed by atoms with Crippen LogP contribution in [0.1, 0.15) is 58.9 Å². The zero-order chi connectivity index (χ0) is 22.5. The molecule has 2 atom stereocenters. The molecular formula is C26H37NO4. The van der Waals surface area contributed by atoms with Crippen LogP contribution in [0.25, 0.3) is 0 Å². The van der Waals surface area contributed by atoms with Gasteiger partial charge < -0.3 is 14.6 Å². The van der Waals surface area contributed by atoms with E-state index in [9.17, 15) is 9.90 Å². The van der Waals surface area contributed by atoms with E-state index in [2.05, 4.69) is 52.0 Å². The van der Waals surface area contributed by atoms with Crippen LogP contribution in [-0.2, 0) is 16.1 Å². The molecule has 0 aromatic heterocycles. The first-order valence-electron chi connectivity index (χ1n) is 11.3. The zero-order valence-corrected chi connectivity index (χ0v) is 19.4. The Hall–Kier alpha value is -2.11. The Kier molecular flexibility index (Phi) is 7.28. The van der Waals surface area contributed by atoms with Gasteiger partial charge in [0.25, 0.3) is 0 Å². The Bertz CT molecular complexity index is 810. The molecule has 3 rings (SSSR count). The molecule has 0 spiro atoms. The van der Waals surface area contributed by atoms with E-state index in [1.54, 1.807) is 4.90 Å². The minimum absolute atomic E-state index is 0.260. The van der Waals surface area contributed by atoms with Crippen LogP contribution in [-0.4, -0.2) is 47.0 Å². The lowest BCUT2D eigenvalue weighted by molar-refractivity contribution is -0.202. The highest BCUT2D eigenvalue weighted by Crippen LogP contribution is 2.56. The van der Waals surface area contributed by atoms with E-state index in [1.807, 2.05) is 24.3 Å². The van der Waals surface area contributed by atoms with E-state index in [-0.39, 0.29) is 5.41 Å². The Morgan fingerprint density at radius 1 is 1.16 bits per heavy atom. The molecule has 1 saturated heterocycles. The molecule has 1 aliphatic heterocycles. The van der Waals surface area contributed by atoms with Gasteiger partial charge in [-0.2, -0.15) is 0 Å². The smallest absolute Gasteiger partial charge is 0.407 e. The maximum atomic E-state index is 12.1. The van der Waals surface area contributed by atoms with Gasteiger partial charge in [-0.1, -0.05) is 74.9 Å². The number of carboxylic acid groups (broad SMARTS) is 1. The highest BCUT2D eigenvalue weighted by Gasteiger charge is 2.66. The highest BCUT2D eigenvalue weighted by molar-refractivity contribution is 5.69. The number of amides is 1. The highest BCUT2D eigenvalue weighted by atomic mass is 16.5. The van der Waals surface area contributed by atoms with Gasteiger partial charge in [-0.15, -0.1) is 0 Å². The molecule has 1 heterocycles. The third-order valence-corrected chi connectivity index (χ3v) is 6.77. The van der Waals surface area contributed by atoms with E-state index in [0.29, 0.717) is 26.4 Å². The molecule has 1 aromatic rings. The summed E-state index contributed by atoms with van der Waals surface area (Å²) in [6.07, 6.45) is 8.68.